The van der Waals surface area contributed by atoms with Crippen molar-refractivity contribution in [2.45, 2.75) is 72.6 Å². The summed E-state index contributed by atoms with van der Waals surface area (Å²) in [7, 11) is 0. The molecule has 0 N–H and O–H groups in total. The van der Waals surface area contributed by atoms with Crippen molar-refractivity contribution in [3.8, 4) is 5.69 Å². The largest absolute Gasteiger partial charge is 0.338 e. The van der Waals surface area contributed by atoms with Gasteiger partial charge in [-0.15, -0.1) is 0 Å². The topological polar surface area (TPSA) is 43.6 Å². The fourth-order valence-electron chi connectivity index (χ4n) is 4.83. The van der Waals surface area contributed by atoms with Crippen LogP contribution in [-0.2, 0) is 16.1 Å². The highest BCUT2D eigenvalue weighted by Gasteiger charge is 2.34. The second-order valence-electron chi connectivity index (χ2n) is 9.62. The molecule has 2 aliphatic rings. The van der Waals surface area contributed by atoms with Crippen molar-refractivity contribution in [1.29, 1.82) is 0 Å². The molecule has 0 atom stereocenters. The lowest BCUT2D eigenvalue weighted by Crippen LogP contribution is -2.29. The van der Waals surface area contributed by atoms with E-state index in [2.05, 4.69) is 67.7 Å². The van der Waals surface area contributed by atoms with Gasteiger partial charge in [0.05, 0.1) is 11.6 Å². The first kappa shape index (κ1) is 19.9. The third kappa shape index (κ3) is 4.17. The zero-order valence-corrected chi connectivity index (χ0v) is 18.1. The Kier molecular flexibility index (Phi) is 5.37. The minimum absolute atomic E-state index is 0.0167. The van der Waals surface area contributed by atoms with Crippen molar-refractivity contribution in [3.63, 3.8) is 0 Å². The van der Waals surface area contributed by atoms with Gasteiger partial charge in [0.15, 0.2) is 0 Å². The summed E-state index contributed by atoms with van der Waals surface area (Å²) in [5.41, 5.74) is 6.96. The molecular formula is C25H32N2O2. The Morgan fingerprint density at radius 3 is 2.45 bits per heavy atom. The number of nitrogens with zero attached hydrogens (tertiary/aromatic N) is 2. The number of rotatable bonds is 3. The van der Waals surface area contributed by atoms with Gasteiger partial charge in [0.2, 0.25) is 0 Å². The summed E-state index contributed by atoms with van der Waals surface area (Å²) in [5.74, 6) is -0.139. The maximum Gasteiger partial charge on any atom is 0.338 e. The predicted molar refractivity (Wildman–Crippen MR) is 117 cm³/mol. The van der Waals surface area contributed by atoms with Gasteiger partial charge in [-0.05, 0) is 63.1 Å². The monoisotopic (exact) mass is 392 g/mol. The number of oxime groups is 1. The van der Waals surface area contributed by atoms with Crippen LogP contribution in [0.3, 0.4) is 0 Å². The van der Waals surface area contributed by atoms with E-state index in [9.17, 15) is 4.79 Å². The molecule has 0 aliphatic heterocycles. The van der Waals surface area contributed by atoms with E-state index in [0.717, 1.165) is 49.8 Å². The zero-order chi connectivity index (χ0) is 20.6. The second kappa shape index (κ2) is 7.81. The third-order valence-electron chi connectivity index (χ3n) is 6.37. The highest BCUT2D eigenvalue weighted by atomic mass is 16.7. The van der Waals surface area contributed by atoms with Gasteiger partial charge in [-0.1, -0.05) is 56.0 Å². The van der Waals surface area contributed by atoms with E-state index in [4.69, 9.17) is 4.84 Å². The van der Waals surface area contributed by atoms with Crippen LogP contribution in [0.1, 0.15) is 74.9 Å². The third-order valence-corrected chi connectivity index (χ3v) is 6.37. The Balaban J connectivity index is 1.67. The van der Waals surface area contributed by atoms with Crippen molar-refractivity contribution in [3.05, 3.63) is 52.8 Å². The fourth-order valence-corrected chi connectivity index (χ4v) is 4.83. The van der Waals surface area contributed by atoms with Gasteiger partial charge in [-0.25, -0.2) is 4.79 Å². The zero-order valence-electron chi connectivity index (χ0n) is 18.1. The Morgan fingerprint density at radius 1 is 1.07 bits per heavy atom. The lowest BCUT2D eigenvalue weighted by Gasteiger charge is -2.31. The molecule has 4 nitrogen and oxygen atoms in total. The Labute approximate surface area is 173 Å². The van der Waals surface area contributed by atoms with Gasteiger partial charge < -0.3 is 9.40 Å². The van der Waals surface area contributed by atoms with Crippen molar-refractivity contribution in [2.75, 3.05) is 0 Å². The summed E-state index contributed by atoms with van der Waals surface area (Å²) in [6.45, 7) is 8.76. The molecule has 1 aromatic carbocycles. The number of aromatic nitrogens is 1. The standard InChI is InChI=1S/C25H32N2O2/c1-17-10-12-20(13-11-17)27-18(2)14-21-22(15-25(3,4)16-23(21)27)26-29-24(28)19-8-6-5-7-9-19/h10-14,19H,5-9,15-16H2,1-4H3/b26-22+. The molecule has 1 saturated carbocycles. The number of carbonyl (C=O) groups excluding carboxylic acids is 1. The molecule has 0 bridgehead atoms. The SMILES string of the molecule is Cc1ccc(-n2c(C)cc3c2CC(C)(C)C/C3=N\OC(=O)C2CCCCC2)cc1. The summed E-state index contributed by atoms with van der Waals surface area (Å²) in [4.78, 5) is 18.0. The minimum Gasteiger partial charge on any atom is -0.318 e. The lowest BCUT2D eigenvalue weighted by molar-refractivity contribution is -0.149. The fraction of sp³-hybridized carbons (Fsp3) is 0.520. The maximum absolute atomic E-state index is 12.5. The Bertz CT molecular complexity index is 928. The molecule has 0 saturated heterocycles. The van der Waals surface area contributed by atoms with E-state index in [1.165, 1.54) is 29.1 Å². The first-order chi connectivity index (χ1) is 13.8. The van der Waals surface area contributed by atoms with Crippen molar-refractivity contribution in [2.24, 2.45) is 16.5 Å². The lowest BCUT2D eigenvalue weighted by atomic mass is 9.76. The predicted octanol–water partition coefficient (Wildman–Crippen LogP) is 5.89. The number of benzene rings is 1. The average Bonchev–Trinajstić information content (AvgIpc) is 3.02. The van der Waals surface area contributed by atoms with E-state index < -0.39 is 0 Å². The van der Waals surface area contributed by atoms with Gasteiger partial charge in [-0.3, -0.25) is 0 Å². The maximum atomic E-state index is 12.5. The molecule has 0 radical (unpaired) electrons. The molecule has 2 aliphatic carbocycles. The van der Waals surface area contributed by atoms with Crippen LogP contribution in [0, 0.1) is 25.2 Å². The molecule has 2 aromatic rings. The van der Waals surface area contributed by atoms with Gasteiger partial charge >= 0.3 is 5.97 Å². The Hall–Kier alpha value is -2.36. The number of hydrogen-bond acceptors (Lipinski definition) is 3. The van der Waals surface area contributed by atoms with Gasteiger partial charge in [0.25, 0.3) is 0 Å². The number of fused-ring (bicyclic) bond motifs is 1. The number of hydrogen-bond donors (Lipinski definition) is 0. The van der Waals surface area contributed by atoms with Crippen LogP contribution in [0.5, 0.6) is 0 Å². The molecule has 0 unspecified atom stereocenters. The van der Waals surface area contributed by atoms with Gasteiger partial charge in [0, 0.05) is 22.6 Å². The average molecular weight is 393 g/mol. The van der Waals surface area contributed by atoms with Crippen molar-refractivity contribution >= 4 is 11.7 Å². The second-order valence-corrected chi connectivity index (χ2v) is 9.62. The molecule has 29 heavy (non-hydrogen) atoms. The summed E-state index contributed by atoms with van der Waals surface area (Å²) in [6, 6.07) is 10.8. The van der Waals surface area contributed by atoms with E-state index in [1.54, 1.807) is 0 Å². The van der Waals surface area contributed by atoms with Crippen LogP contribution in [0.25, 0.3) is 5.69 Å². The molecule has 1 aromatic heterocycles. The van der Waals surface area contributed by atoms with E-state index >= 15 is 0 Å². The van der Waals surface area contributed by atoms with Crippen LogP contribution < -0.4 is 0 Å². The van der Waals surface area contributed by atoms with Crippen LogP contribution in [0.15, 0.2) is 35.5 Å². The van der Waals surface area contributed by atoms with E-state index in [-0.39, 0.29) is 17.3 Å². The normalized spacial score (nSPS) is 20.5. The molecule has 0 spiro atoms. The highest BCUT2D eigenvalue weighted by molar-refractivity contribution is 6.03. The summed E-state index contributed by atoms with van der Waals surface area (Å²) in [6.07, 6.45) is 7.11. The number of aryl methyl sites for hydroxylation is 2. The van der Waals surface area contributed by atoms with E-state index in [0.29, 0.717) is 0 Å². The summed E-state index contributed by atoms with van der Waals surface area (Å²) >= 11 is 0. The van der Waals surface area contributed by atoms with E-state index in [1.807, 2.05) is 0 Å². The molecule has 4 rings (SSSR count). The summed E-state index contributed by atoms with van der Waals surface area (Å²) in [5, 5.41) is 4.41. The quantitative estimate of drug-likeness (QED) is 0.482. The number of carbonyl (C=O) groups is 1. The molecule has 154 valence electrons. The van der Waals surface area contributed by atoms with Gasteiger partial charge in [-0.2, -0.15) is 0 Å². The minimum atomic E-state index is -0.156. The molecule has 1 heterocycles. The molecule has 0 amide bonds. The van der Waals surface area contributed by atoms with Crippen molar-refractivity contribution < 1.29 is 9.63 Å². The molecule has 4 heteroatoms. The Morgan fingerprint density at radius 2 is 1.76 bits per heavy atom. The van der Waals surface area contributed by atoms with Crippen LogP contribution in [-0.4, -0.2) is 16.2 Å². The van der Waals surface area contributed by atoms with Crippen molar-refractivity contribution in [1.82, 2.24) is 4.57 Å². The van der Waals surface area contributed by atoms with Crippen LogP contribution in [0.2, 0.25) is 0 Å². The first-order valence-electron chi connectivity index (χ1n) is 10.9. The van der Waals surface area contributed by atoms with Crippen LogP contribution in [0.4, 0.5) is 0 Å². The van der Waals surface area contributed by atoms with Crippen LogP contribution >= 0.6 is 0 Å². The summed E-state index contributed by atoms with van der Waals surface area (Å²) < 4.78 is 2.33. The molecular weight excluding hydrogens is 360 g/mol. The smallest absolute Gasteiger partial charge is 0.318 e. The molecule has 1 fully saturated rings. The first-order valence-corrected chi connectivity index (χ1v) is 10.9. The van der Waals surface area contributed by atoms with Gasteiger partial charge in [0.1, 0.15) is 0 Å². The highest BCUT2D eigenvalue weighted by Crippen LogP contribution is 2.38.